The number of rotatable bonds is 4. The van der Waals surface area contributed by atoms with Gasteiger partial charge in [-0.3, -0.25) is 4.79 Å². The second kappa shape index (κ2) is 5.47. The largest absolute Gasteiger partial charge is 0.385 e. The summed E-state index contributed by atoms with van der Waals surface area (Å²) in [6.45, 7) is 2.61. The normalized spacial score (nSPS) is 15.7. The van der Waals surface area contributed by atoms with Crippen LogP contribution in [0.1, 0.15) is 54.7 Å². The van der Waals surface area contributed by atoms with Crippen LogP contribution in [0.2, 0.25) is 0 Å². The third kappa shape index (κ3) is 2.37. The van der Waals surface area contributed by atoms with Crippen LogP contribution >= 0.6 is 0 Å². The highest BCUT2D eigenvalue weighted by molar-refractivity contribution is 5.97. The number of nitrogens with zero attached hydrogens (tertiary/aromatic N) is 2. The Balaban J connectivity index is 2.46. The van der Waals surface area contributed by atoms with E-state index in [1.54, 1.807) is 18.0 Å². The number of nitrogen functional groups attached to an aromatic ring is 1. The zero-order valence-electron chi connectivity index (χ0n) is 11.6. The fourth-order valence-electron chi connectivity index (χ4n) is 2.74. The van der Waals surface area contributed by atoms with Gasteiger partial charge in [-0.2, -0.15) is 0 Å². The van der Waals surface area contributed by atoms with Gasteiger partial charge >= 0.3 is 0 Å². The highest BCUT2D eigenvalue weighted by Crippen LogP contribution is 2.34. The number of nitrogens with two attached hydrogens (primary N) is 1. The van der Waals surface area contributed by atoms with Crippen LogP contribution in [0.5, 0.6) is 0 Å². The van der Waals surface area contributed by atoms with E-state index in [-0.39, 0.29) is 5.91 Å². The number of carbonyl (C=O) groups is 1. The summed E-state index contributed by atoms with van der Waals surface area (Å²) in [6.07, 6.45) is 5.71. The molecule has 1 saturated carbocycles. The lowest BCUT2D eigenvalue weighted by Crippen LogP contribution is -2.29. The van der Waals surface area contributed by atoms with E-state index in [1.165, 1.54) is 19.1 Å². The van der Waals surface area contributed by atoms with Gasteiger partial charge in [-0.25, -0.2) is 0 Å². The molecule has 2 rings (SSSR count). The Bertz CT molecular complexity index is 486. The number of hydrogen-bond acceptors (Lipinski definition) is 3. The molecule has 0 unspecified atom stereocenters. The lowest BCUT2D eigenvalue weighted by atomic mass is 10.2. The number of aromatic nitrogens is 1. The topological polar surface area (TPSA) is 75.1 Å². The van der Waals surface area contributed by atoms with Crippen molar-refractivity contribution < 1.29 is 4.79 Å². The Hall–Kier alpha value is -1.78. The van der Waals surface area contributed by atoms with Crippen LogP contribution < -0.4 is 5.73 Å². The zero-order valence-corrected chi connectivity index (χ0v) is 11.6. The lowest BCUT2D eigenvalue weighted by Gasteiger charge is -2.21. The molecule has 3 N–H and O–H groups in total. The number of amides is 1. The van der Waals surface area contributed by atoms with E-state index in [4.69, 9.17) is 11.1 Å². The highest BCUT2D eigenvalue weighted by atomic mass is 16.2. The van der Waals surface area contributed by atoms with Crippen LogP contribution in [0, 0.1) is 5.41 Å². The second-order valence-electron chi connectivity index (χ2n) is 5.14. The van der Waals surface area contributed by atoms with Crippen molar-refractivity contribution in [2.75, 3.05) is 19.3 Å². The van der Waals surface area contributed by atoms with Gasteiger partial charge in [0.2, 0.25) is 0 Å². The maximum Gasteiger partial charge on any atom is 0.270 e. The van der Waals surface area contributed by atoms with E-state index < -0.39 is 0 Å². The fraction of sp³-hybridized carbons (Fsp3) is 0.571. The zero-order chi connectivity index (χ0) is 14.0. The van der Waals surface area contributed by atoms with Crippen molar-refractivity contribution in [1.29, 1.82) is 5.41 Å². The molecule has 0 spiro atoms. The number of nitrogens with one attached hydrogen (secondary N) is 1. The molecule has 1 aliphatic rings. The van der Waals surface area contributed by atoms with Crippen molar-refractivity contribution in [1.82, 2.24) is 9.47 Å². The smallest absolute Gasteiger partial charge is 0.270 e. The number of anilines is 1. The minimum absolute atomic E-state index is 0.0193. The molecule has 19 heavy (non-hydrogen) atoms. The van der Waals surface area contributed by atoms with E-state index in [0.717, 1.165) is 12.8 Å². The van der Waals surface area contributed by atoms with Crippen LogP contribution in [0.4, 0.5) is 5.82 Å². The van der Waals surface area contributed by atoms with E-state index >= 15 is 0 Å². The fourth-order valence-corrected chi connectivity index (χ4v) is 2.74. The quantitative estimate of drug-likeness (QED) is 0.817. The predicted octanol–water partition coefficient (Wildman–Crippen LogP) is 2.27. The first-order valence-corrected chi connectivity index (χ1v) is 6.86. The standard InChI is InChI=1S/C14H22N4O/c1-3-17(2)14(19)12-8-10(9-15)13(16)18(12)11-6-4-5-7-11/h8-9,11,15H,3-7,16H2,1-2H3. The average Bonchev–Trinajstić information content (AvgIpc) is 3.03. The van der Waals surface area contributed by atoms with Gasteiger partial charge < -0.3 is 20.6 Å². The van der Waals surface area contributed by atoms with Crippen molar-refractivity contribution in [3.63, 3.8) is 0 Å². The van der Waals surface area contributed by atoms with Crippen molar-refractivity contribution in [2.45, 2.75) is 38.6 Å². The molecule has 5 heteroatoms. The Morgan fingerprint density at radius 3 is 2.74 bits per heavy atom. The molecule has 0 bridgehead atoms. The molecule has 0 atom stereocenters. The summed E-state index contributed by atoms with van der Waals surface area (Å²) < 4.78 is 1.95. The molecule has 0 aromatic carbocycles. The first kappa shape index (κ1) is 13.6. The van der Waals surface area contributed by atoms with Gasteiger partial charge in [0.15, 0.2) is 0 Å². The van der Waals surface area contributed by atoms with Gasteiger partial charge in [0.05, 0.1) is 0 Å². The van der Waals surface area contributed by atoms with Crippen LogP contribution in [0.3, 0.4) is 0 Å². The van der Waals surface area contributed by atoms with Gasteiger partial charge in [0, 0.05) is 31.4 Å². The minimum atomic E-state index is -0.0193. The van der Waals surface area contributed by atoms with Crippen molar-refractivity contribution in [3.05, 3.63) is 17.3 Å². The molecule has 0 aliphatic heterocycles. The summed E-state index contributed by atoms with van der Waals surface area (Å²) in [5.41, 5.74) is 7.37. The molecule has 5 nitrogen and oxygen atoms in total. The minimum Gasteiger partial charge on any atom is -0.385 e. The van der Waals surface area contributed by atoms with Crippen molar-refractivity contribution in [2.24, 2.45) is 0 Å². The molecule has 1 heterocycles. The summed E-state index contributed by atoms with van der Waals surface area (Å²) in [6, 6.07) is 2.05. The van der Waals surface area contributed by atoms with E-state index in [0.29, 0.717) is 29.7 Å². The van der Waals surface area contributed by atoms with Crippen molar-refractivity contribution in [3.8, 4) is 0 Å². The Morgan fingerprint density at radius 1 is 1.58 bits per heavy atom. The summed E-state index contributed by atoms with van der Waals surface area (Å²) in [5, 5.41) is 7.42. The average molecular weight is 262 g/mol. The van der Waals surface area contributed by atoms with Crippen LogP contribution in [0.25, 0.3) is 0 Å². The molecular weight excluding hydrogens is 240 g/mol. The molecule has 1 aliphatic carbocycles. The lowest BCUT2D eigenvalue weighted by molar-refractivity contribution is 0.0789. The molecule has 1 fully saturated rings. The molecule has 104 valence electrons. The van der Waals surface area contributed by atoms with Crippen LogP contribution in [0.15, 0.2) is 6.07 Å². The van der Waals surface area contributed by atoms with Gasteiger partial charge in [-0.1, -0.05) is 12.8 Å². The molecule has 0 radical (unpaired) electrons. The van der Waals surface area contributed by atoms with E-state index in [1.807, 2.05) is 11.5 Å². The number of carbonyl (C=O) groups excluding carboxylic acids is 1. The Labute approximate surface area is 113 Å². The number of hydrogen-bond donors (Lipinski definition) is 2. The van der Waals surface area contributed by atoms with E-state index in [2.05, 4.69) is 0 Å². The van der Waals surface area contributed by atoms with Gasteiger partial charge in [0.1, 0.15) is 11.5 Å². The molecular formula is C14H22N4O. The third-order valence-corrected chi connectivity index (χ3v) is 3.99. The SMILES string of the molecule is CCN(C)C(=O)c1cc(C=N)c(N)n1C1CCCC1. The maximum atomic E-state index is 12.4. The monoisotopic (exact) mass is 262 g/mol. The van der Waals surface area contributed by atoms with Crippen LogP contribution in [-0.2, 0) is 0 Å². The molecule has 1 amide bonds. The van der Waals surface area contributed by atoms with E-state index in [9.17, 15) is 4.79 Å². The Morgan fingerprint density at radius 2 is 2.21 bits per heavy atom. The molecule has 0 saturated heterocycles. The molecule has 1 aromatic rings. The predicted molar refractivity (Wildman–Crippen MR) is 76.9 cm³/mol. The Kier molecular flexibility index (Phi) is 3.93. The van der Waals surface area contributed by atoms with Gasteiger partial charge in [-0.15, -0.1) is 0 Å². The summed E-state index contributed by atoms with van der Waals surface area (Å²) in [5.74, 6) is 0.531. The summed E-state index contributed by atoms with van der Waals surface area (Å²) in [7, 11) is 1.79. The first-order chi connectivity index (χ1) is 9.10. The first-order valence-electron chi connectivity index (χ1n) is 6.86. The maximum absolute atomic E-state index is 12.4. The van der Waals surface area contributed by atoms with Crippen LogP contribution in [-0.4, -0.2) is 35.2 Å². The third-order valence-electron chi connectivity index (χ3n) is 3.99. The summed E-state index contributed by atoms with van der Waals surface area (Å²) in [4.78, 5) is 14.1. The van der Waals surface area contributed by atoms with Crippen molar-refractivity contribution >= 4 is 17.9 Å². The highest BCUT2D eigenvalue weighted by Gasteiger charge is 2.26. The van der Waals surface area contributed by atoms with Gasteiger partial charge in [0.25, 0.3) is 5.91 Å². The summed E-state index contributed by atoms with van der Waals surface area (Å²) >= 11 is 0. The molecule has 1 aromatic heterocycles. The van der Waals surface area contributed by atoms with Gasteiger partial charge in [-0.05, 0) is 25.8 Å². The second-order valence-corrected chi connectivity index (χ2v) is 5.14.